The predicted octanol–water partition coefficient (Wildman–Crippen LogP) is 3.42. The maximum atomic E-state index is 14.0. The zero-order valence-electron chi connectivity index (χ0n) is 22.5. The van der Waals surface area contributed by atoms with Crippen LogP contribution in [0.5, 0.6) is 23.0 Å². The zero-order valence-corrected chi connectivity index (χ0v) is 23.3. The predicted molar refractivity (Wildman–Crippen MR) is 149 cm³/mol. The van der Waals surface area contributed by atoms with Crippen LogP contribution >= 0.6 is 0 Å². The van der Waals surface area contributed by atoms with Gasteiger partial charge in [0, 0.05) is 31.1 Å². The number of anilines is 1. The van der Waals surface area contributed by atoms with Gasteiger partial charge in [-0.25, -0.2) is 13.4 Å². The minimum absolute atomic E-state index is 0.103. The third-order valence-corrected chi connectivity index (χ3v) is 7.89. The van der Waals surface area contributed by atoms with Crippen LogP contribution in [-0.4, -0.2) is 58.9 Å². The monoisotopic (exact) mass is 566 g/mol. The van der Waals surface area contributed by atoms with Gasteiger partial charge in [0.15, 0.2) is 11.5 Å². The fourth-order valence-corrected chi connectivity index (χ4v) is 5.53. The van der Waals surface area contributed by atoms with Crippen molar-refractivity contribution in [1.29, 1.82) is 0 Å². The van der Waals surface area contributed by atoms with Crippen molar-refractivity contribution in [2.75, 3.05) is 39.3 Å². The van der Waals surface area contributed by atoms with Crippen LogP contribution < -0.4 is 28.6 Å². The molecule has 0 fully saturated rings. The van der Waals surface area contributed by atoms with Crippen LogP contribution in [0.4, 0.5) is 5.69 Å². The molecule has 0 aliphatic rings. The Labute approximate surface area is 232 Å². The van der Waals surface area contributed by atoms with Crippen molar-refractivity contribution in [3.63, 3.8) is 0 Å². The molecule has 4 aromatic rings. The van der Waals surface area contributed by atoms with E-state index in [0.29, 0.717) is 11.5 Å². The molecule has 0 aliphatic heterocycles. The third-order valence-electron chi connectivity index (χ3n) is 6.14. The van der Waals surface area contributed by atoms with Crippen molar-refractivity contribution in [3.8, 4) is 28.7 Å². The maximum absolute atomic E-state index is 14.0. The first-order chi connectivity index (χ1) is 19.3. The first-order valence-electron chi connectivity index (χ1n) is 12.1. The highest BCUT2D eigenvalue weighted by Crippen LogP contribution is 2.37. The number of carbonyl (C=O) groups is 1. The van der Waals surface area contributed by atoms with Gasteiger partial charge >= 0.3 is 0 Å². The molecule has 0 radical (unpaired) electrons. The van der Waals surface area contributed by atoms with Crippen LogP contribution in [0, 0.1) is 0 Å². The second-order valence-electron chi connectivity index (χ2n) is 8.44. The Morgan fingerprint density at radius 3 is 2.30 bits per heavy atom. The van der Waals surface area contributed by atoms with Gasteiger partial charge in [-0.1, -0.05) is 18.2 Å². The molecule has 1 heterocycles. The van der Waals surface area contributed by atoms with E-state index >= 15 is 0 Å². The van der Waals surface area contributed by atoms with E-state index in [4.69, 9.17) is 18.9 Å². The number of sulfonamides is 1. The summed E-state index contributed by atoms with van der Waals surface area (Å²) in [6.45, 7) is -0.375. The normalized spacial score (nSPS) is 11.0. The average Bonchev–Trinajstić information content (AvgIpc) is 3.53. The summed E-state index contributed by atoms with van der Waals surface area (Å²) in [6, 6.07) is 16.4. The Bertz CT molecular complexity index is 1570. The topological polar surface area (TPSA) is 121 Å². The van der Waals surface area contributed by atoms with Crippen LogP contribution in [0.25, 0.3) is 5.69 Å². The van der Waals surface area contributed by atoms with E-state index in [1.54, 1.807) is 30.9 Å². The van der Waals surface area contributed by atoms with Crippen LogP contribution in [0.15, 0.2) is 84.3 Å². The van der Waals surface area contributed by atoms with Crippen LogP contribution in [-0.2, 0) is 21.4 Å². The number of hydrogen-bond donors (Lipinski definition) is 1. The minimum atomic E-state index is -4.30. The molecule has 4 rings (SSSR count). The van der Waals surface area contributed by atoms with Crippen molar-refractivity contribution in [2.45, 2.75) is 11.4 Å². The first-order valence-corrected chi connectivity index (χ1v) is 13.6. The van der Waals surface area contributed by atoms with Gasteiger partial charge in [-0.05, 0) is 35.9 Å². The van der Waals surface area contributed by atoms with Crippen molar-refractivity contribution in [1.82, 2.24) is 14.9 Å². The molecule has 3 aromatic carbocycles. The van der Waals surface area contributed by atoms with Gasteiger partial charge in [-0.3, -0.25) is 9.10 Å². The number of para-hydroxylation sites is 1. The molecular weight excluding hydrogens is 536 g/mol. The molecule has 0 bridgehead atoms. The summed E-state index contributed by atoms with van der Waals surface area (Å²) < 4.78 is 52.2. The quantitative estimate of drug-likeness (QED) is 0.277. The average molecular weight is 567 g/mol. The molecule has 0 aliphatic carbocycles. The van der Waals surface area contributed by atoms with Gasteiger partial charge in [0.1, 0.15) is 18.0 Å². The number of hydrogen-bond acceptors (Lipinski definition) is 8. The molecular formula is C28H30N4O7S. The van der Waals surface area contributed by atoms with Crippen molar-refractivity contribution >= 4 is 21.6 Å². The van der Waals surface area contributed by atoms with Gasteiger partial charge in [0.2, 0.25) is 5.91 Å². The minimum Gasteiger partial charge on any atom is -0.497 e. The molecule has 0 unspecified atom stereocenters. The smallest absolute Gasteiger partial charge is 0.265 e. The Kier molecular flexibility index (Phi) is 8.80. The lowest BCUT2D eigenvalue weighted by Crippen LogP contribution is -2.41. The van der Waals surface area contributed by atoms with Gasteiger partial charge in [-0.15, -0.1) is 0 Å². The van der Waals surface area contributed by atoms with Gasteiger partial charge < -0.3 is 28.8 Å². The van der Waals surface area contributed by atoms with Crippen molar-refractivity contribution in [3.05, 3.63) is 84.9 Å². The van der Waals surface area contributed by atoms with E-state index in [0.717, 1.165) is 15.6 Å². The number of methoxy groups -OCH3 is 4. The highest BCUT2D eigenvalue weighted by Gasteiger charge is 2.31. The molecule has 210 valence electrons. The summed E-state index contributed by atoms with van der Waals surface area (Å²) in [5, 5.41) is 2.84. The zero-order chi connectivity index (χ0) is 28.7. The van der Waals surface area contributed by atoms with Crippen LogP contribution in [0.2, 0.25) is 0 Å². The van der Waals surface area contributed by atoms with Crippen molar-refractivity contribution in [2.24, 2.45) is 0 Å². The lowest BCUT2D eigenvalue weighted by molar-refractivity contribution is -0.119. The molecule has 1 N–H and O–H groups in total. The van der Waals surface area contributed by atoms with E-state index in [-0.39, 0.29) is 28.6 Å². The largest absolute Gasteiger partial charge is 0.497 e. The Hall–Kier alpha value is -4.71. The summed E-state index contributed by atoms with van der Waals surface area (Å²) in [5.41, 5.74) is 1.79. The summed E-state index contributed by atoms with van der Waals surface area (Å²) in [7, 11) is 1.44. The lowest BCUT2D eigenvalue weighted by Gasteiger charge is -2.26. The maximum Gasteiger partial charge on any atom is 0.265 e. The fraction of sp³-hybridized carbons (Fsp3) is 0.214. The highest BCUT2D eigenvalue weighted by molar-refractivity contribution is 7.92. The fourth-order valence-electron chi connectivity index (χ4n) is 4.09. The number of carbonyl (C=O) groups excluding carboxylic acids is 1. The molecule has 11 nitrogen and oxygen atoms in total. The van der Waals surface area contributed by atoms with Crippen LogP contribution in [0.3, 0.4) is 0 Å². The molecule has 1 aromatic heterocycles. The van der Waals surface area contributed by atoms with E-state index in [9.17, 15) is 13.2 Å². The molecule has 40 heavy (non-hydrogen) atoms. The number of rotatable bonds is 12. The lowest BCUT2D eigenvalue weighted by atomic mass is 10.1. The number of nitrogens with one attached hydrogen (secondary N) is 1. The van der Waals surface area contributed by atoms with E-state index in [1.807, 2.05) is 28.8 Å². The number of aromatic nitrogens is 2. The first kappa shape index (κ1) is 28.3. The second kappa shape index (κ2) is 12.4. The number of imidazole rings is 1. The Morgan fingerprint density at radius 1 is 0.900 bits per heavy atom. The molecule has 12 heteroatoms. The Morgan fingerprint density at radius 2 is 1.62 bits per heavy atom. The number of nitrogens with zero attached hydrogens (tertiary/aromatic N) is 3. The van der Waals surface area contributed by atoms with Crippen LogP contribution in [0.1, 0.15) is 5.56 Å². The molecule has 0 atom stereocenters. The summed E-state index contributed by atoms with van der Waals surface area (Å²) in [5.74, 6) is 0.679. The number of amides is 1. The van der Waals surface area contributed by atoms with Crippen molar-refractivity contribution < 1.29 is 32.2 Å². The summed E-state index contributed by atoms with van der Waals surface area (Å²) >= 11 is 0. The summed E-state index contributed by atoms with van der Waals surface area (Å²) in [4.78, 5) is 17.3. The second-order valence-corrected chi connectivity index (χ2v) is 10.3. The van der Waals surface area contributed by atoms with E-state index < -0.39 is 22.5 Å². The molecule has 0 spiro atoms. The number of benzene rings is 3. The van der Waals surface area contributed by atoms with E-state index in [2.05, 4.69) is 10.3 Å². The third kappa shape index (κ3) is 5.96. The molecule has 0 saturated heterocycles. The Balaban J connectivity index is 1.69. The SMILES string of the molecule is COc1ccc(OC)c(N(CC(=O)NCc2ccccc2-n2ccnc2)S(=O)(=O)c2ccc(OC)c(OC)c2)c1. The molecule has 0 saturated carbocycles. The summed E-state index contributed by atoms with van der Waals surface area (Å²) in [6.07, 6.45) is 5.12. The van der Waals surface area contributed by atoms with E-state index in [1.165, 1.54) is 52.7 Å². The standard InChI is InChI=1S/C28H30N4O7S/c1-36-21-9-11-25(37-2)24(15-21)32(40(34,35)22-10-12-26(38-3)27(16-22)39-4)18-28(33)30-17-20-7-5-6-8-23(20)31-14-13-29-19-31/h5-16,19H,17-18H2,1-4H3,(H,30,33). The van der Waals surface area contributed by atoms with Gasteiger partial charge in [0.25, 0.3) is 10.0 Å². The highest BCUT2D eigenvalue weighted by atomic mass is 32.2. The van der Waals surface area contributed by atoms with Gasteiger partial charge in [-0.2, -0.15) is 0 Å². The number of ether oxygens (including phenoxy) is 4. The molecule has 1 amide bonds. The van der Waals surface area contributed by atoms with Gasteiger partial charge in [0.05, 0.1) is 51.0 Å².